The van der Waals surface area contributed by atoms with E-state index in [1.165, 1.54) is 11.1 Å². The predicted molar refractivity (Wildman–Crippen MR) is 130 cm³/mol. The predicted octanol–water partition coefficient (Wildman–Crippen LogP) is 7.40. The number of aryl methyl sites for hydroxylation is 2. The average Bonchev–Trinajstić information content (AvgIpc) is 2.75. The Kier molecular flexibility index (Phi) is 9.96. The molecule has 0 spiro atoms. The molecule has 0 amide bonds. The van der Waals surface area contributed by atoms with Gasteiger partial charge in [0.2, 0.25) is 0 Å². The fourth-order valence-electron chi connectivity index (χ4n) is 4.30. The molecule has 174 valence electrons. The first-order valence-electron chi connectivity index (χ1n) is 12.0. The molecule has 2 aromatic carbocycles. The van der Waals surface area contributed by atoms with E-state index in [2.05, 4.69) is 38.1 Å². The maximum absolute atomic E-state index is 11.9. The Morgan fingerprint density at radius 3 is 1.34 bits per heavy atom. The molecule has 0 aromatic heterocycles. The van der Waals surface area contributed by atoms with Crippen LogP contribution in [0.2, 0.25) is 0 Å². The smallest absolute Gasteiger partial charge is 0.311 e. The van der Waals surface area contributed by atoms with Crippen molar-refractivity contribution >= 4 is 11.9 Å². The Labute approximate surface area is 193 Å². The van der Waals surface area contributed by atoms with Crippen molar-refractivity contribution < 1.29 is 19.1 Å². The van der Waals surface area contributed by atoms with E-state index in [9.17, 15) is 9.59 Å². The Morgan fingerprint density at radius 1 is 0.688 bits per heavy atom. The molecule has 0 fully saturated rings. The minimum atomic E-state index is -0.183. The number of hydrogen-bond donors (Lipinski definition) is 0. The maximum atomic E-state index is 11.9. The summed E-state index contributed by atoms with van der Waals surface area (Å²) >= 11 is 0. The first-order valence-corrected chi connectivity index (χ1v) is 12.0. The number of carbonyl (C=O) groups excluding carboxylic acids is 2. The molecule has 4 nitrogen and oxygen atoms in total. The van der Waals surface area contributed by atoms with Crippen LogP contribution in [0.3, 0.4) is 0 Å². The van der Waals surface area contributed by atoms with E-state index in [0.29, 0.717) is 36.2 Å². The first kappa shape index (κ1) is 25.6. The summed E-state index contributed by atoms with van der Waals surface area (Å²) in [6.07, 6.45) is 4.42. The molecule has 32 heavy (non-hydrogen) atoms. The number of benzene rings is 2. The molecule has 0 aliphatic rings. The highest BCUT2D eigenvalue weighted by Crippen LogP contribution is 2.40. The summed E-state index contributed by atoms with van der Waals surface area (Å²) < 4.78 is 11.0. The maximum Gasteiger partial charge on any atom is 0.311 e. The highest BCUT2D eigenvalue weighted by Gasteiger charge is 2.24. The SMILES string of the molecule is CCCC(=O)Oc1ccc(C(CC)C(CC)c2ccc(OC(=O)CCC)c(C)c2)cc1C. The third kappa shape index (κ3) is 6.69. The van der Waals surface area contributed by atoms with Crippen molar-refractivity contribution in [1.82, 2.24) is 0 Å². The summed E-state index contributed by atoms with van der Waals surface area (Å²) in [6.45, 7) is 12.4. The van der Waals surface area contributed by atoms with Crippen LogP contribution in [-0.2, 0) is 9.59 Å². The lowest BCUT2D eigenvalue weighted by Gasteiger charge is -2.27. The van der Waals surface area contributed by atoms with Crippen molar-refractivity contribution in [2.24, 2.45) is 0 Å². The highest BCUT2D eigenvalue weighted by molar-refractivity contribution is 5.73. The van der Waals surface area contributed by atoms with Gasteiger partial charge in [-0.25, -0.2) is 0 Å². The average molecular weight is 439 g/mol. The van der Waals surface area contributed by atoms with E-state index in [1.807, 2.05) is 39.8 Å². The molecule has 0 radical (unpaired) electrons. The number of esters is 2. The van der Waals surface area contributed by atoms with E-state index in [4.69, 9.17) is 9.47 Å². The van der Waals surface area contributed by atoms with Gasteiger partial charge in [-0.15, -0.1) is 0 Å². The number of ether oxygens (including phenoxy) is 2. The van der Waals surface area contributed by atoms with Gasteiger partial charge < -0.3 is 9.47 Å². The molecule has 2 aromatic rings. The highest BCUT2D eigenvalue weighted by atomic mass is 16.5. The lowest BCUT2D eigenvalue weighted by Crippen LogP contribution is -2.13. The van der Waals surface area contributed by atoms with Crippen molar-refractivity contribution in [3.8, 4) is 11.5 Å². The zero-order valence-corrected chi connectivity index (χ0v) is 20.5. The summed E-state index contributed by atoms with van der Waals surface area (Å²) in [5.74, 6) is 1.60. The molecule has 0 bridgehead atoms. The molecule has 0 saturated carbocycles. The standard InChI is InChI=1S/C28H38O4/c1-7-11-27(29)31-25-15-13-21(17-19(25)5)23(9-3)24(10-4)22-14-16-26(20(6)18-22)32-28(30)12-8-2/h13-18,23-24H,7-12H2,1-6H3. The van der Waals surface area contributed by atoms with Crippen LogP contribution < -0.4 is 9.47 Å². The summed E-state index contributed by atoms with van der Waals surface area (Å²) in [4.78, 5) is 23.8. The Morgan fingerprint density at radius 2 is 1.06 bits per heavy atom. The van der Waals surface area contributed by atoms with Crippen LogP contribution in [-0.4, -0.2) is 11.9 Å². The molecule has 4 heteroatoms. The van der Waals surface area contributed by atoms with Crippen molar-refractivity contribution in [3.05, 3.63) is 58.7 Å². The van der Waals surface area contributed by atoms with Crippen molar-refractivity contribution in [3.63, 3.8) is 0 Å². The minimum Gasteiger partial charge on any atom is -0.426 e. The van der Waals surface area contributed by atoms with E-state index >= 15 is 0 Å². The number of hydrogen-bond acceptors (Lipinski definition) is 4. The van der Waals surface area contributed by atoms with Crippen LogP contribution in [0.15, 0.2) is 36.4 Å². The van der Waals surface area contributed by atoms with Crippen molar-refractivity contribution in [2.75, 3.05) is 0 Å². The molecule has 2 rings (SSSR count). The normalized spacial score (nSPS) is 12.8. The quantitative estimate of drug-likeness (QED) is 0.271. The van der Waals surface area contributed by atoms with Gasteiger partial charge in [-0.2, -0.15) is 0 Å². The lowest BCUT2D eigenvalue weighted by atomic mass is 9.77. The van der Waals surface area contributed by atoms with Crippen LogP contribution in [0, 0.1) is 13.8 Å². The zero-order chi connectivity index (χ0) is 23.7. The van der Waals surface area contributed by atoms with Crippen LogP contribution in [0.25, 0.3) is 0 Å². The second kappa shape index (κ2) is 12.4. The molecule has 0 saturated heterocycles. The third-order valence-electron chi connectivity index (χ3n) is 5.98. The van der Waals surface area contributed by atoms with Gasteiger partial charge in [0, 0.05) is 12.8 Å². The molecule has 0 heterocycles. The van der Waals surface area contributed by atoms with Crippen molar-refractivity contribution in [1.29, 1.82) is 0 Å². The molecule has 2 unspecified atom stereocenters. The summed E-state index contributed by atoms with van der Waals surface area (Å²) in [5.41, 5.74) is 4.47. The van der Waals surface area contributed by atoms with Crippen LogP contribution >= 0.6 is 0 Å². The lowest BCUT2D eigenvalue weighted by molar-refractivity contribution is -0.135. The monoisotopic (exact) mass is 438 g/mol. The van der Waals surface area contributed by atoms with Crippen molar-refractivity contribution in [2.45, 2.75) is 91.9 Å². The first-order chi connectivity index (χ1) is 15.3. The van der Waals surface area contributed by atoms with Gasteiger partial charge in [0.1, 0.15) is 11.5 Å². The third-order valence-corrected chi connectivity index (χ3v) is 5.98. The van der Waals surface area contributed by atoms with E-state index in [0.717, 1.165) is 36.8 Å². The zero-order valence-electron chi connectivity index (χ0n) is 20.5. The molecular weight excluding hydrogens is 400 g/mol. The number of carbonyl (C=O) groups is 2. The molecule has 0 N–H and O–H groups in total. The van der Waals surface area contributed by atoms with Crippen LogP contribution in [0.1, 0.15) is 100 Å². The van der Waals surface area contributed by atoms with E-state index in [-0.39, 0.29) is 11.9 Å². The van der Waals surface area contributed by atoms with Crippen LogP contribution in [0.4, 0.5) is 0 Å². The van der Waals surface area contributed by atoms with E-state index in [1.54, 1.807) is 0 Å². The second-order valence-corrected chi connectivity index (χ2v) is 8.53. The Balaban J connectivity index is 2.26. The largest absolute Gasteiger partial charge is 0.426 e. The minimum absolute atomic E-state index is 0.183. The molecule has 2 atom stereocenters. The summed E-state index contributed by atoms with van der Waals surface area (Å²) in [6, 6.07) is 12.3. The summed E-state index contributed by atoms with van der Waals surface area (Å²) in [5, 5.41) is 0. The Hall–Kier alpha value is -2.62. The van der Waals surface area contributed by atoms with Gasteiger partial charge in [0.25, 0.3) is 0 Å². The topological polar surface area (TPSA) is 52.6 Å². The van der Waals surface area contributed by atoms with Gasteiger partial charge in [-0.1, -0.05) is 52.0 Å². The molecular formula is C28H38O4. The van der Waals surface area contributed by atoms with Gasteiger partial charge in [0.15, 0.2) is 0 Å². The van der Waals surface area contributed by atoms with Gasteiger partial charge in [-0.3, -0.25) is 9.59 Å². The second-order valence-electron chi connectivity index (χ2n) is 8.53. The Bertz CT molecular complexity index is 840. The van der Waals surface area contributed by atoms with Gasteiger partial charge in [-0.05, 0) is 85.8 Å². The number of rotatable bonds is 11. The summed E-state index contributed by atoms with van der Waals surface area (Å²) in [7, 11) is 0. The van der Waals surface area contributed by atoms with Crippen LogP contribution in [0.5, 0.6) is 11.5 Å². The van der Waals surface area contributed by atoms with E-state index < -0.39 is 0 Å². The fraction of sp³-hybridized carbons (Fsp3) is 0.500. The fourth-order valence-corrected chi connectivity index (χ4v) is 4.30. The molecule has 0 aliphatic heterocycles. The van der Waals surface area contributed by atoms with Gasteiger partial charge >= 0.3 is 11.9 Å². The molecule has 0 aliphatic carbocycles. The van der Waals surface area contributed by atoms with Gasteiger partial charge in [0.05, 0.1) is 0 Å².